The fraction of sp³-hybridized carbons (Fsp3) is 0.800. The van der Waals surface area contributed by atoms with Gasteiger partial charge in [0.1, 0.15) is 0 Å². The van der Waals surface area contributed by atoms with Crippen molar-refractivity contribution >= 4 is 0 Å². The average Bonchev–Trinajstić information content (AvgIpc) is 1.75. The predicted octanol–water partition coefficient (Wildman–Crippen LogP) is 1.54. The van der Waals surface area contributed by atoms with Crippen molar-refractivity contribution in [1.29, 1.82) is 0 Å². The molecule has 0 aliphatic heterocycles. The van der Waals surface area contributed by atoms with E-state index >= 15 is 0 Å². The second-order valence-corrected chi connectivity index (χ2v) is 0.781. The molecule has 0 aliphatic carbocycles. The summed E-state index contributed by atoms with van der Waals surface area (Å²) in [6.45, 7) is 5.67. The summed E-state index contributed by atoms with van der Waals surface area (Å²) in [5.41, 5.74) is 0. The lowest BCUT2D eigenvalue weighted by Crippen LogP contribution is -1.84. The van der Waals surface area contributed by atoms with Crippen molar-refractivity contribution < 1.29 is 9.13 Å². The Morgan fingerprint density at radius 2 is 1.57 bits per heavy atom. The zero-order valence-corrected chi connectivity index (χ0v) is 4.70. The van der Waals surface area contributed by atoms with E-state index in [4.69, 9.17) is 9.13 Å². The third-order valence-corrected chi connectivity index (χ3v) is 0.408. The van der Waals surface area contributed by atoms with E-state index in [9.17, 15) is 0 Å². The molecule has 43 valence electrons. The third kappa shape index (κ3) is 25.0. The molecule has 3 radical (unpaired) electrons. The van der Waals surface area contributed by atoms with Crippen LogP contribution in [0, 0.1) is 7.18 Å². The first-order valence-corrected chi connectivity index (χ1v) is 2.18. The second-order valence-electron chi connectivity index (χ2n) is 0.781. The second kappa shape index (κ2) is 16.9. The number of rotatable bonds is 2. The molecule has 0 unspecified atom stereocenters. The van der Waals surface area contributed by atoms with Gasteiger partial charge >= 0.3 is 0 Å². The molecule has 0 atom stereocenters. The molecule has 0 amide bonds. The Morgan fingerprint density at radius 1 is 1.29 bits per heavy atom. The maximum absolute atomic E-state index is 8.75. The number of hydrogen-bond acceptors (Lipinski definition) is 1. The fourth-order valence-electron chi connectivity index (χ4n) is 0.204. The first-order chi connectivity index (χ1) is 3.41. The van der Waals surface area contributed by atoms with Gasteiger partial charge in [-0.25, -0.2) is 4.39 Å². The minimum absolute atomic E-state index is 0.844. The number of ether oxygens (including phenoxy) is 1. The summed E-state index contributed by atoms with van der Waals surface area (Å²) in [6, 6.07) is 0. The molecule has 0 aromatic heterocycles. The summed E-state index contributed by atoms with van der Waals surface area (Å²) in [4.78, 5) is 0. The molecule has 0 spiro atoms. The standard InChI is InChI=1S/C4H10O.CF/c1-3-5-4-2;1-2/h3-4H2,1-2H3;. The lowest BCUT2D eigenvalue weighted by Gasteiger charge is -1.86. The molecule has 1 nitrogen and oxygen atoms in total. The van der Waals surface area contributed by atoms with Gasteiger partial charge in [0.15, 0.2) is 0 Å². The van der Waals surface area contributed by atoms with E-state index in [2.05, 4.69) is 7.18 Å². The van der Waals surface area contributed by atoms with Gasteiger partial charge in [0.2, 0.25) is 7.18 Å². The summed E-state index contributed by atoms with van der Waals surface area (Å²) in [7, 11) is 4.25. The van der Waals surface area contributed by atoms with Crippen LogP contribution in [0.5, 0.6) is 0 Å². The molecule has 7 heavy (non-hydrogen) atoms. The zero-order valence-electron chi connectivity index (χ0n) is 4.70. The number of halogens is 1. The van der Waals surface area contributed by atoms with E-state index in [0.29, 0.717) is 0 Å². The maximum Gasteiger partial charge on any atom is 0.232 e. The Kier molecular flexibility index (Phi) is 24.1. The van der Waals surface area contributed by atoms with Crippen LogP contribution in [0.4, 0.5) is 4.39 Å². The molecule has 0 saturated heterocycles. The van der Waals surface area contributed by atoms with E-state index < -0.39 is 0 Å². The highest BCUT2D eigenvalue weighted by Gasteiger charge is 1.64. The van der Waals surface area contributed by atoms with E-state index in [1.165, 1.54) is 0 Å². The van der Waals surface area contributed by atoms with Crippen LogP contribution in [-0.2, 0) is 4.74 Å². The van der Waals surface area contributed by atoms with Gasteiger partial charge < -0.3 is 4.74 Å². The minimum atomic E-state index is 0.844. The van der Waals surface area contributed by atoms with Gasteiger partial charge in [0.25, 0.3) is 0 Å². The summed E-state index contributed by atoms with van der Waals surface area (Å²) in [6.07, 6.45) is 0. The van der Waals surface area contributed by atoms with Crippen LogP contribution >= 0.6 is 0 Å². The Labute approximate surface area is 44.5 Å². The van der Waals surface area contributed by atoms with Crippen LogP contribution in [0.2, 0.25) is 0 Å². The Morgan fingerprint density at radius 3 is 1.57 bits per heavy atom. The topological polar surface area (TPSA) is 9.23 Å². The van der Waals surface area contributed by atoms with Crippen LogP contribution in [0.1, 0.15) is 13.8 Å². The van der Waals surface area contributed by atoms with E-state index in [0.717, 1.165) is 13.2 Å². The maximum atomic E-state index is 8.75. The molecule has 0 N–H and O–H groups in total. The van der Waals surface area contributed by atoms with E-state index in [1.54, 1.807) is 0 Å². The normalized spacial score (nSPS) is 6.86. The van der Waals surface area contributed by atoms with Gasteiger partial charge in [-0.3, -0.25) is 0 Å². The van der Waals surface area contributed by atoms with Gasteiger partial charge in [-0.2, -0.15) is 0 Å². The molecule has 0 saturated carbocycles. The third-order valence-electron chi connectivity index (χ3n) is 0.408. The molecular formula is C5H10FO. The smallest absolute Gasteiger partial charge is 0.232 e. The van der Waals surface area contributed by atoms with Crippen LogP contribution < -0.4 is 0 Å². The Balaban J connectivity index is 0. The van der Waals surface area contributed by atoms with Crippen LogP contribution in [-0.4, -0.2) is 13.2 Å². The monoisotopic (exact) mass is 105 g/mol. The minimum Gasteiger partial charge on any atom is -0.382 e. The van der Waals surface area contributed by atoms with Crippen molar-refractivity contribution in [2.45, 2.75) is 13.8 Å². The van der Waals surface area contributed by atoms with Crippen molar-refractivity contribution in [3.8, 4) is 0 Å². The highest BCUT2D eigenvalue weighted by molar-refractivity contribution is 4.07. The zero-order chi connectivity index (χ0) is 6.12. The molecule has 0 bridgehead atoms. The molecule has 0 heterocycles. The fourth-order valence-corrected chi connectivity index (χ4v) is 0.204. The summed E-state index contributed by atoms with van der Waals surface area (Å²) in [5, 5.41) is 0. The van der Waals surface area contributed by atoms with Crippen LogP contribution in [0.25, 0.3) is 0 Å². The molecule has 0 aliphatic rings. The molecule has 2 heteroatoms. The van der Waals surface area contributed by atoms with Crippen molar-refractivity contribution in [3.05, 3.63) is 7.18 Å². The van der Waals surface area contributed by atoms with E-state index in [-0.39, 0.29) is 0 Å². The highest BCUT2D eigenvalue weighted by Crippen LogP contribution is 1.64. The lowest BCUT2D eigenvalue weighted by molar-refractivity contribution is 0.162. The van der Waals surface area contributed by atoms with Gasteiger partial charge in [0.05, 0.1) is 0 Å². The SMILES string of the molecule is CCOCC.[C]F. The van der Waals surface area contributed by atoms with Crippen LogP contribution in [0.15, 0.2) is 0 Å². The first kappa shape index (κ1) is 10.00. The summed E-state index contributed by atoms with van der Waals surface area (Å²) in [5.74, 6) is 0. The van der Waals surface area contributed by atoms with Crippen molar-refractivity contribution in [1.82, 2.24) is 0 Å². The van der Waals surface area contributed by atoms with Crippen molar-refractivity contribution in [2.24, 2.45) is 0 Å². The van der Waals surface area contributed by atoms with Gasteiger partial charge in [-0.05, 0) is 13.8 Å². The van der Waals surface area contributed by atoms with Gasteiger partial charge in [-0.15, -0.1) is 0 Å². The highest BCUT2D eigenvalue weighted by atomic mass is 19.1. The lowest BCUT2D eigenvalue weighted by atomic mass is 10.8. The molecule has 0 fully saturated rings. The molecule has 0 aromatic carbocycles. The van der Waals surface area contributed by atoms with Crippen LogP contribution in [0.3, 0.4) is 0 Å². The first-order valence-electron chi connectivity index (χ1n) is 2.18. The van der Waals surface area contributed by atoms with Gasteiger partial charge in [-0.1, -0.05) is 0 Å². The number of hydrogen-bond donors (Lipinski definition) is 0. The van der Waals surface area contributed by atoms with E-state index in [1.807, 2.05) is 13.8 Å². The largest absolute Gasteiger partial charge is 0.382 e. The van der Waals surface area contributed by atoms with Crippen molar-refractivity contribution in [3.63, 3.8) is 0 Å². The quantitative estimate of drug-likeness (QED) is 0.517. The summed E-state index contributed by atoms with van der Waals surface area (Å²) >= 11 is 0. The summed E-state index contributed by atoms with van der Waals surface area (Å²) < 4.78 is 13.6. The van der Waals surface area contributed by atoms with Crippen molar-refractivity contribution in [2.75, 3.05) is 13.2 Å². The molecule has 0 aromatic rings. The molecular weight excluding hydrogens is 95.1 g/mol. The molecule has 0 rings (SSSR count). The Hall–Kier alpha value is -0.110. The Bertz CT molecular complexity index is 15.6. The predicted molar refractivity (Wildman–Crippen MR) is 26.5 cm³/mol. The average molecular weight is 105 g/mol. The van der Waals surface area contributed by atoms with Gasteiger partial charge in [0, 0.05) is 13.2 Å².